The molecular formula is C15H8F5NO4. The summed E-state index contributed by atoms with van der Waals surface area (Å²) in [5.41, 5.74) is -1.59. The molecular weight excluding hydrogens is 353 g/mol. The Kier molecular flexibility index (Phi) is 5.20. The van der Waals surface area contributed by atoms with Crippen LogP contribution in [0.1, 0.15) is 10.4 Å². The quantitative estimate of drug-likeness (QED) is 0.380. The first kappa shape index (κ1) is 18.2. The molecule has 132 valence electrons. The fourth-order valence-corrected chi connectivity index (χ4v) is 1.70. The lowest BCUT2D eigenvalue weighted by Crippen LogP contribution is -2.23. The number of esters is 1. The van der Waals surface area contributed by atoms with E-state index in [4.69, 9.17) is 5.11 Å². The van der Waals surface area contributed by atoms with Gasteiger partial charge in [0.05, 0.1) is 5.56 Å². The van der Waals surface area contributed by atoms with Crippen molar-refractivity contribution in [2.45, 2.75) is 0 Å². The van der Waals surface area contributed by atoms with Gasteiger partial charge >= 0.3 is 5.97 Å². The summed E-state index contributed by atoms with van der Waals surface area (Å²) in [5, 5.41) is 10.5. The lowest BCUT2D eigenvalue weighted by atomic mass is 10.2. The van der Waals surface area contributed by atoms with Crippen LogP contribution < -0.4 is 5.32 Å². The number of hydrogen-bond acceptors (Lipinski definition) is 4. The van der Waals surface area contributed by atoms with E-state index in [-0.39, 0.29) is 11.3 Å². The van der Waals surface area contributed by atoms with Gasteiger partial charge in [0.15, 0.2) is 29.9 Å². The van der Waals surface area contributed by atoms with Crippen molar-refractivity contribution in [3.63, 3.8) is 0 Å². The van der Waals surface area contributed by atoms with E-state index in [9.17, 15) is 31.5 Å². The number of phenols is 1. The zero-order valence-electron chi connectivity index (χ0n) is 12.1. The molecule has 0 bridgehead atoms. The van der Waals surface area contributed by atoms with Gasteiger partial charge in [0.25, 0.3) is 5.91 Å². The molecule has 2 N–H and O–H groups in total. The Balaban J connectivity index is 2.06. The fraction of sp³-hybridized carbons (Fsp3) is 0.0667. The van der Waals surface area contributed by atoms with Crippen molar-refractivity contribution < 1.29 is 41.4 Å². The van der Waals surface area contributed by atoms with E-state index in [1.54, 1.807) is 0 Å². The van der Waals surface area contributed by atoms with Crippen LogP contribution in [0.5, 0.6) is 5.75 Å². The minimum atomic E-state index is -2.37. The smallest absolute Gasteiger partial charge is 0.338 e. The van der Waals surface area contributed by atoms with Crippen LogP contribution in [-0.4, -0.2) is 23.6 Å². The van der Waals surface area contributed by atoms with Gasteiger partial charge in [-0.3, -0.25) is 4.79 Å². The average molecular weight is 361 g/mol. The molecule has 25 heavy (non-hydrogen) atoms. The highest BCUT2D eigenvalue weighted by atomic mass is 19.2. The first-order chi connectivity index (χ1) is 11.7. The van der Waals surface area contributed by atoms with Crippen molar-refractivity contribution in [2.24, 2.45) is 0 Å². The molecule has 0 aliphatic carbocycles. The van der Waals surface area contributed by atoms with Gasteiger partial charge in [-0.1, -0.05) is 0 Å². The van der Waals surface area contributed by atoms with Crippen molar-refractivity contribution in [3.05, 3.63) is 58.9 Å². The lowest BCUT2D eigenvalue weighted by molar-refractivity contribution is -0.119. The largest absolute Gasteiger partial charge is 0.508 e. The zero-order chi connectivity index (χ0) is 18.7. The number of amides is 1. The van der Waals surface area contributed by atoms with Crippen molar-refractivity contribution >= 4 is 17.6 Å². The molecule has 0 heterocycles. The summed E-state index contributed by atoms with van der Waals surface area (Å²) in [4.78, 5) is 23.1. The summed E-state index contributed by atoms with van der Waals surface area (Å²) in [7, 11) is 0. The number of phenolic OH excluding ortho intramolecular Hbond substituents is 1. The standard InChI is InChI=1S/C15H8F5NO4/c16-9-10(17)12(19)14(13(20)11(9)18)21-8(23)5-25-15(24)6-1-3-7(22)4-2-6/h1-4,22H,5H2,(H,21,23). The molecule has 0 saturated carbocycles. The topological polar surface area (TPSA) is 75.6 Å². The van der Waals surface area contributed by atoms with Gasteiger partial charge < -0.3 is 15.2 Å². The van der Waals surface area contributed by atoms with Crippen LogP contribution in [0.25, 0.3) is 0 Å². The molecule has 0 aromatic heterocycles. The highest BCUT2D eigenvalue weighted by molar-refractivity contribution is 5.95. The van der Waals surface area contributed by atoms with Gasteiger partial charge in [0.2, 0.25) is 5.82 Å². The molecule has 0 saturated heterocycles. The van der Waals surface area contributed by atoms with Crippen LogP contribution in [0.2, 0.25) is 0 Å². The maximum absolute atomic E-state index is 13.4. The van der Waals surface area contributed by atoms with E-state index < -0.39 is 53.3 Å². The Morgan fingerprint density at radius 1 is 0.880 bits per heavy atom. The number of hydrogen-bond donors (Lipinski definition) is 2. The molecule has 2 aromatic rings. The third kappa shape index (κ3) is 3.84. The van der Waals surface area contributed by atoms with E-state index in [1.807, 2.05) is 0 Å². The molecule has 0 spiro atoms. The molecule has 2 rings (SSSR count). The van der Waals surface area contributed by atoms with E-state index in [1.165, 1.54) is 29.6 Å². The van der Waals surface area contributed by atoms with Crippen molar-refractivity contribution in [1.29, 1.82) is 0 Å². The SMILES string of the molecule is O=C(COC(=O)c1ccc(O)cc1)Nc1c(F)c(F)c(F)c(F)c1F. The maximum atomic E-state index is 13.4. The van der Waals surface area contributed by atoms with E-state index in [0.29, 0.717) is 0 Å². The molecule has 0 atom stereocenters. The third-order valence-corrected chi connectivity index (χ3v) is 2.91. The van der Waals surface area contributed by atoms with Crippen LogP contribution in [0.3, 0.4) is 0 Å². The molecule has 2 aromatic carbocycles. The summed E-state index contributed by atoms with van der Waals surface area (Å²) in [5.74, 6) is -13.7. The summed E-state index contributed by atoms with van der Waals surface area (Å²) < 4.78 is 70.2. The first-order valence-electron chi connectivity index (χ1n) is 6.49. The van der Waals surface area contributed by atoms with Gasteiger partial charge in [-0.15, -0.1) is 0 Å². The van der Waals surface area contributed by atoms with E-state index in [2.05, 4.69) is 4.74 Å². The van der Waals surface area contributed by atoms with E-state index >= 15 is 0 Å². The first-order valence-corrected chi connectivity index (χ1v) is 6.49. The van der Waals surface area contributed by atoms with Gasteiger partial charge in [0.1, 0.15) is 11.4 Å². The number of benzene rings is 2. The number of ether oxygens (including phenoxy) is 1. The predicted molar refractivity (Wildman–Crippen MR) is 73.3 cm³/mol. The number of rotatable bonds is 4. The summed E-state index contributed by atoms with van der Waals surface area (Å²) >= 11 is 0. The highest BCUT2D eigenvalue weighted by Crippen LogP contribution is 2.27. The Bertz CT molecular complexity index is 810. The maximum Gasteiger partial charge on any atom is 0.338 e. The van der Waals surface area contributed by atoms with Crippen molar-refractivity contribution in [3.8, 4) is 5.75 Å². The second-order valence-electron chi connectivity index (χ2n) is 4.62. The molecule has 0 radical (unpaired) electrons. The van der Waals surface area contributed by atoms with Gasteiger partial charge in [-0.2, -0.15) is 0 Å². The number of halogens is 5. The predicted octanol–water partition coefficient (Wildman–Crippen LogP) is 2.88. The Labute approximate surface area is 136 Å². The molecule has 0 fully saturated rings. The van der Waals surface area contributed by atoms with Crippen molar-refractivity contribution in [1.82, 2.24) is 0 Å². The van der Waals surface area contributed by atoms with E-state index in [0.717, 1.165) is 0 Å². The number of carbonyl (C=O) groups is 2. The zero-order valence-corrected chi connectivity index (χ0v) is 12.1. The second-order valence-corrected chi connectivity index (χ2v) is 4.62. The van der Waals surface area contributed by atoms with Crippen LogP contribution in [0.4, 0.5) is 27.6 Å². The fourth-order valence-electron chi connectivity index (χ4n) is 1.70. The number of aromatic hydroxyl groups is 1. The minimum absolute atomic E-state index is 0.0400. The Morgan fingerprint density at radius 2 is 1.36 bits per heavy atom. The average Bonchev–Trinajstić information content (AvgIpc) is 2.60. The summed E-state index contributed by atoms with van der Waals surface area (Å²) in [6.45, 7) is -1.04. The molecule has 1 amide bonds. The highest BCUT2D eigenvalue weighted by Gasteiger charge is 2.27. The third-order valence-electron chi connectivity index (χ3n) is 2.91. The number of carbonyl (C=O) groups excluding carboxylic acids is 2. The molecule has 10 heteroatoms. The molecule has 0 unspecified atom stereocenters. The number of anilines is 1. The Hall–Kier alpha value is -3.17. The van der Waals surface area contributed by atoms with Crippen LogP contribution in [-0.2, 0) is 9.53 Å². The van der Waals surface area contributed by atoms with Gasteiger partial charge in [-0.05, 0) is 24.3 Å². The molecule has 0 aliphatic heterocycles. The summed E-state index contributed by atoms with van der Waals surface area (Å²) in [6.07, 6.45) is 0. The molecule has 5 nitrogen and oxygen atoms in total. The van der Waals surface area contributed by atoms with Crippen LogP contribution >= 0.6 is 0 Å². The molecule has 0 aliphatic rings. The second kappa shape index (κ2) is 7.16. The Morgan fingerprint density at radius 3 is 1.88 bits per heavy atom. The van der Waals surface area contributed by atoms with Crippen LogP contribution in [0.15, 0.2) is 24.3 Å². The van der Waals surface area contributed by atoms with Gasteiger partial charge in [0, 0.05) is 0 Å². The summed E-state index contributed by atoms with van der Waals surface area (Å²) in [6, 6.07) is 4.70. The minimum Gasteiger partial charge on any atom is -0.508 e. The van der Waals surface area contributed by atoms with Crippen molar-refractivity contribution in [2.75, 3.05) is 11.9 Å². The monoisotopic (exact) mass is 361 g/mol. The normalized spacial score (nSPS) is 10.4. The lowest BCUT2D eigenvalue weighted by Gasteiger charge is -2.10. The van der Waals surface area contributed by atoms with Crippen LogP contribution in [0, 0.1) is 29.1 Å². The van der Waals surface area contributed by atoms with Gasteiger partial charge in [-0.25, -0.2) is 26.7 Å². The number of nitrogens with one attached hydrogen (secondary N) is 1.